The molecule has 3 nitrogen and oxygen atoms in total. The second kappa shape index (κ2) is 7.10. The highest BCUT2D eigenvalue weighted by molar-refractivity contribution is 5.82. The molecule has 1 fully saturated rings. The van der Waals surface area contributed by atoms with Gasteiger partial charge in [-0.05, 0) is 31.9 Å². The molecule has 0 saturated heterocycles. The third-order valence-electron chi connectivity index (χ3n) is 4.44. The summed E-state index contributed by atoms with van der Waals surface area (Å²) in [7, 11) is 1.94. The largest absolute Gasteiger partial charge is 0.459 e. The maximum Gasteiger partial charge on any atom is 0.134 e. The lowest BCUT2D eigenvalue weighted by molar-refractivity contribution is 0.0735. The molecule has 0 radical (unpaired) electrons. The summed E-state index contributed by atoms with van der Waals surface area (Å²) in [4.78, 5) is 0. The topological polar surface area (TPSA) is 34.4 Å². The first kappa shape index (κ1) is 14.6. The van der Waals surface area contributed by atoms with Gasteiger partial charge in [0.25, 0.3) is 0 Å². The molecule has 3 heteroatoms. The number of nitrogens with one attached hydrogen (secondary N) is 1. The number of rotatable bonds is 6. The first-order valence-electron chi connectivity index (χ1n) is 8.10. The predicted octanol–water partition coefficient (Wildman–Crippen LogP) is 4.25. The van der Waals surface area contributed by atoms with E-state index in [1.807, 2.05) is 19.2 Å². The molecule has 1 heterocycles. The van der Waals surface area contributed by atoms with E-state index in [9.17, 15) is 0 Å². The van der Waals surface area contributed by atoms with Crippen LogP contribution in [0.2, 0.25) is 0 Å². The lowest BCUT2D eigenvalue weighted by Gasteiger charge is -2.21. The van der Waals surface area contributed by atoms with Gasteiger partial charge in [0.05, 0.1) is 13.2 Å². The second-order valence-corrected chi connectivity index (χ2v) is 6.05. The van der Waals surface area contributed by atoms with Gasteiger partial charge in [-0.15, -0.1) is 0 Å². The molecule has 2 aromatic rings. The van der Waals surface area contributed by atoms with Gasteiger partial charge < -0.3 is 14.5 Å². The van der Waals surface area contributed by atoms with E-state index in [1.54, 1.807) is 0 Å². The van der Waals surface area contributed by atoms with Gasteiger partial charge >= 0.3 is 0 Å². The molecule has 21 heavy (non-hydrogen) atoms. The summed E-state index contributed by atoms with van der Waals surface area (Å²) < 4.78 is 12.0. The van der Waals surface area contributed by atoms with Crippen LogP contribution in [0.1, 0.15) is 43.4 Å². The molecule has 0 aliphatic heterocycles. The number of hydrogen-bond donors (Lipinski definition) is 1. The average Bonchev–Trinajstić information content (AvgIpc) is 2.87. The van der Waals surface area contributed by atoms with Gasteiger partial charge in [-0.2, -0.15) is 0 Å². The average molecular weight is 287 g/mol. The Morgan fingerprint density at radius 2 is 2.00 bits per heavy atom. The standard InChI is InChI=1S/C18H25NO2/c1-19-11-18-16(15-9-5-6-10-17(15)21-18)13-20-12-14-7-3-2-4-8-14/h5-6,9-10,14,19H,2-4,7-8,11-13H2,1H3. The molecule has 1 saturated carbocycles. The Kier molecular flexibility index (Phi) is 4.94. The van der Waals surface area contributed by atoms with E-state index in [1.165, 1.54) is 43.1 Å². The molecule has 1 aliphatic carbocycles. The van der Waals surface area contributed by atoms with E-state index >= 15 is 0 Å². The highest BCUT2D eigenvalue weighted by Gasteiger charge is 2.16. The Labute approximate surface area is 126 Å². The van der Waals surface area contributed by atoms with Crippen LogP contribution in [0.5, 0.6) is 0 Å². The van der Waals surface area contributed by atoms with Gasteiger partial charge in [0.15, 0.2) is 0 Å². The van der Waals surface area contributed by atoms with Gasteiger partial charge in [0, 0.05) is 17.6 Å². The van der Waals surface area contributed by atoms with Crippen molar-refractivity contribution in [1.29, 1.82) is 0 Å². The van der Waals surface area contributed by atoms with Crippen LogP contribution in [0, 0.1) is 5.92 Å². The van der Waals surface area contributed by atoms with Crippen LogP contribution in [0.4, 0.5) is 0 Å². The van der Waals surface area contributed by atoms with Gasteiger partial charge in [0.1, 0.15) is 11.3 Å². The van der Waals surface area contributed by atoms with Crippen LogP contribution in [0.15, 0.2) is 28.7 Å². The van der Waals surface area contributed by atoms with Crippen molar-refractivity contribution in [3.05, 3.63) is 35.6 Å². The molecule has 0 atom stereocenters. The summed E-state index contributed by atoms with van der Waals surface area (Å²) in [5, 5.41) is 4.36. The summed E-state index contributed by atoms with van der Waals surface area (Å²) in [6, 6.07) is 8.23. The first-order chi connectivity index (χ1) is 10.4. The van der Waals surface area contributed by atoms with Gasteiger partial charge in [-0.1, -0.05) is 37.5 Å². The maximum absolute atomic E-state index is 6.02. The molecule has 0 unspecified atom stereocenters. The molecule has 114 valence electrons. The number of fused-ring (bicyclic) bond motifs is 1. The van der Waals surface area contributed by atoms with Crippen LogP contribution in [0.3, 0.4) is 0 Å². The summed E-state index contributed by atoms with van der Waals surface area (Å²) in [5.41, 5.74) is 2.16. The van der Waals surface area contributed by atoms with Crippen molar-refractivity contribution in [2.45, 2.75) is 45.3 Å². The van der Waals surface area contributed by atoms with Gasteiger partial charge in [0.2, 0.25) is 0 Å². The molecular formula is C18H25NO2. The minimum Gasteiger partial charge on any atom is -0.459 e. The van der Waals surface area contributed by atoms with E-state index in [0.29, 0.717) is 6.61 Å². The fourth-order valence-corrected chi connectivity index (χ4v) is 3.29. The predicted molar refractivity (Wildman–Crippen MR) is 85.2 cm³/mol. The van der Waals surface area contributed by atoms with Gasteiger partial charge in [-0.3, -0.25) is 0 Å². The monoisotopic (exact) mass is 287 g/mol. The molecular weight excluding hydrogens is 262 g/mol. The summed E-state index contributed by atoms with van der Waals surface area (Å²) in [5.74, 6) is 1.76. The Morgan fingerprint density at radius 1 is 1.19 bits per heavy atom. The Morgan fingerprint density at radius 3 is 2.81 bits per heavy atom. The third kappa shape index (κ3) is 3.47. The van der Waals surface area contributed by atoms with Crippen molar-refractivity contribution in [2.75, 3.05) is 13.7 Å². The zero-order valence-electron chi connectivity index (χ0n) is 12.9. The molecule has 1 aromatic carbocycles. The van der Waals surface area contributed by atoms with Crippen molar-refractivity contribution >= 4 is 11.0 Å². The van der Waals surface area contributed by atoms with Crippen LogP contribution >= 0.6 is 0 Å². The molecule has 1 aromatic heterocycles. The summed E-state index contributed by atoms with van der Waals surface area (Å²) >= 11 is 0. The van der Waals surface area contributed by atoms with Gasteiger partial charge in [-0.25, -0.2) is 0 Å². The van der Waals surface area contributed by atoms with Crippen molar-refractivity contribution in [1.82, 2.24) is 5.32 Å². The zero-order valence-corrected chi connectivity index (χ0v) is 12.9. The summed E-state index contributed by atoms with van der Waals surface area (Å²) in [6.45, 7) is 2.29. The molecule has 0 bridgehead atoms. The lowest BCUT2D eigenvalue weighted by Crippen LogP contribution is -2.14. The number of hydrogen-bond acceptors (Lipinski definition) is 3. The van der Waals surface area contributed by atoms with Crippen molar-refractivity contribution < 1.29 is 9.15 Å². The van der Waals surface area contributed by atoms with E-state index in [-0.39, 0.29) is 0 Å². The van der Waals surface area contributed by atoms with E-state index in [0.717, 1.165) is 30.4 Å². The van der Waals surface area contributed by atoms with E-state index in [4.69, 9.17) is 9.15 Å². The number of para-hydroxylation sites is 1. The second-order valence-electron chi connectivity index (χ2n) is 6.05. The fraction of sp³-hybridized carbons (Fsp3) is 0.556. The van der Waals surface area contributed by atoms with Crippen LogP contribution in [0.25, 0.3) is 11.0 Å². The van der Waals surface area contributed by atoms with Crippen molar-refractivity contribution in [2.24, 2.45) is 5.92 Å². The zero-order chi connectivity index (χ0) is 14.5. The Hall–Kier alpha value is -1.32. The molecule has 0 amide bonds. The van der Waals surface area contributed by atoms with Crippen LogP contribution in [-0.2, 0) is 17.9 Å². The molecule has 3 rings (SSSR count). The Bertz CT molecular complexity index is 570. The van der Waals surface area contributed by atoms with Crippen molar-refractivity contribution in [3.8, 4) is 0 Å². The number of furan rings is 1. The Balaban J connectivity index is 1.68. The highest BCUT2D eigenvalue weighted by atomic mass is 16.5. The van der Waals surface area contributed by atoms with Crippen molar-refractivity contribution in [3.63, 3.8) is 0 Å². The first-order valence-corrected chi connectivity index (χ1v) is 8.10. The summed E-state index contributed by atoms with van der Waals surface area (Å²) in [6.07, 6.45) is 6.79. The minimum atomic E-state index is 0.657. The van der Waals surface area contributed by atoms with E-state index < -0.39 is 0 Å². The smallest absolute Gasteiger partial charge is 0.134 e. The maximum atomic E-state index is 6.02. The normalized spacial score (nSPS) is 16.6. The number of benzene rings is 1. The fourth-order valence-electron chi connectivity index (χ4n) is 3.29. The molecule has 0 spiro atoms. The van der Waals surface area contributed by atoms with Crippen LogP contribution < -0.4 is 5.32 Å². The molecule has 1 N–H and O–H groups in total. The van der Waals surface area contributed by atoms with Crippen LogP contribution in [-0.4, -0.2) is 13.7 Å². The quantitative estimate of drug-likeness (QED) is 0.862. The minimum absolute atomic E-state index is 0.657. The molecule has 1 aliphatic rings. The highest BCUT2D eigenvalue weighted by Crippen LogP contribution is 2.28. The third-order valence-corrected chi connectivity index (χ3v) is 4.44. The lowest BCUT2D eigenvalue weighted by atomic mass is 9.90. The number of ether oxygens (including phenoxy) is 1. The van der Waals surface area contributed by atoms with E-state index in [2.05, 4.69) is 17.4 Å². The SMILES string of the molecule is CNCc1oc2ccccc2c1COCC1CCCCC1.